The molecule has 2 aromatic rings. The van der Waals surface area contributed by atoms with E-state index >= 15 is 0 Å². The van der Waals surface area contributed by atoms with E-state index in [9.17, 15) is 4.39 Å². The van der Waals surface area contributed by atoms with Crippen LogP contribution in [0.5, 0.6) is 0 Å². The highest BCUT2D eigenvalue weighted by Gasteiger charge is 2.37. The summed E-state index contributed by atoms with van der Waals surface area (Å²) in [6, 6.07) is 5.20. The highest BCUT2D eigenvalue weighted by molar-refractivity contribution is 5.76. The molecule has 1 aliphatic rings. The Morgan fingerprint density at radius 3 is 2.80 bits per heavy atom. The monoisotopic (exact) mass is 275 g/mol. The Kier molecular flexibility index (Phi) is 3.50. The molecular weight excluding hydrogens is 253 g/mol. The van der Waals surface area contributed by atoms with Crippen LogP contribution in [0.3, 0.4) is 0 Å². The number of rotatable bonds is 5. The fraction of sp³-hybridized carbons (Fsp3) is 0.562. The molecule has 1 aliphatic carbocycles. The second kappa shape index (κ2) is 5.17. The Bertz CT molecular complexity index is 608. The van der Waals surface area contributed by atoms with Crippen molar-refractivity contribution in [2.45, 2.75) is 45.6 Å². The summed E-state index contributed by atoms with van der Waals surface area (Å²) < 4.78 is 16.1. The standard InChI is InChI=1S/C16H22FN3/c1-2-9-20-13-6-3-5-12(17)15(13)19-14(20)10-16(11-18)7-4-8-16/h3,5-6H,2,4,7-11,18H2,1H3. The average molecular weight is 275 g/mol. The summed E-state index contributed by atoms with van der Waals surface area (Å²) in [5, 5.41) is 0. The number of aryl methyl sites for hydroxylation is 1. The number of para-hydroxylation sites is 1. The molecule has 0 saturated heterocycles. The minimum absolute atomic E-state index is 0.198. The minimum atomic E-state index is -0.228. The van der Waals surface area contributed by atoms with Gasteiger partial charge in [0.05, 0.1) is 5.52 Å². The predicted octanol–water partition coefficient (Wildman–Crippen LogP) is 3.26. The number of benzene rings is 1. The van der Waals surface area contributed by atoms with Gasteiger partial charge in [-0.1, -0.05) is 19.4 Å². The molecule has 3 nitrogen and oxygen atoms in total. The van der Waals surface area contributed by atoms with E-state index in [0.29, 0.717) is 12.1 Å². The Hall–Kier alpha value is -1.42. The quantitative estimate of drug-likeness (QED) is 0.910. The fourth-order valence-corrected chi connectivity index (χ4v) is 3.23. The smallest absolute Gasteiger partial charge is 0.151 e. The molecule has 0 unspecified atom stereocenters. The summed E-state index contributed by atoms with van der Waals surface area (Å²) in [7, 11) is 0. The zero-order chi connectivity index (χ0) is 14.2. The minimum Gasteiger partial charge on any atom is -0.330 e. The van der Waals surface area contributed by atoms with E-state index in [1.54, 1.807) is 6.07 Å². The molecule has 4 heteroatoms. The number of hydrogen-bond acceptors (Lipinski definition) is 2. The van der Waals surface area contributed by atoms with E-state index in [1.807, 2.05) is 6.07 Å². The maximum atomic E-state index is 13.9. The van der Waals surface area contributed by atoms with Gasteiger partial charge in [-0.05, 0) is 43.4 Å². The van der Waals surface area contributed by atoms with Gasteiger partial charge in [0.25, 0.3) is 0 Å². The van der Waals surface area contributed by atoms with Crippen molar-refractivity contribution in [2.24, 2.45) is 11.1 Å². The van der Waals surface area contributed by atoms with E-state index in [-0.39, 0.29) is 11.2 Å². The summed E-state index contributed by atoms with van der Waals surface area (Å²) >= 11 is 0. The molecule has 1 aromatic carbocycles. The van der Waals surface area contributed by atoms with Gasteiger partial charge in [-0.3, -0.25) is 0 Å². The molecule has 3 rings (SSSR count). The molecule has 0 aliphatic heterocycles. The molecule has 0 spiro atoms. The predicted molar refractivity (Wildman–Crippen MR) is 79.0 cm³/mol. The van der Waals surface area contributed by atoms with Gasteiger partial charge in [0.1, 0.15) is 11.3 Å². The van der Waals surface area contributed by atoms with Gasteiger partial charge in [0.2, 0.25) is 0 Å². The number of nitrogens with zero attached hydrogens (tertiary/aromatic N) is 2. The third kappa shape index (κ3) is 2.12. The SMILES string of the molecule is CCCn1c(CC2(CN)CCC2)nc2c(F)cccc21. The first-order valence-electron chi connectivity index (χ1n) is 7.53. The van der Waals surface area contributed by atoms with Gasteiger partial charge in [0.15, 0.2) is 5.82 Å². The second-order valence-corrected chi connectivity index (χ2v) is 6.02. The molecule has 1 aromatic heterocycles. The third-order valence-electron chi connectivity index (χ3n) is 4.64. The zero-order valence-electron chi connectivity index (χ0n) is 12.0. The summed E-state index contributed by atoms with van der Waals surface area (Å²) in [5.74, 6) is 0.770. The fourth-order valence-electron chi connectivity index (χ4n) is 3.23. The van der Waals surface area contributed by atoms with Gasteiger partial charge < -0.3 is 10.3 Å². The van der Waals surface area contributed by atoms with Crippen molar-refractivity contribution in [3.63, 3.8) is 0 Å². The van der Waals surface area contributed by atoms with Crippen LogP contribution in [0.4, 0.5) is 4.39 Å². The van der Waals surface area contributed by atoms with Crippen molar-refractivity contribution in [3.8, 4) is 0 Å². The molecule has 108 valence electrons. The van der Waals surface area contributed by atoms with Crippen LogP contribution in [-0.2, 0) is 13.0 Å². The maximum Gasteiger partial charge on any atom is 0.151 e. The van der Waals surface area contributed by atoms with Gasteiger partial charge >= 0.3 is 0 Å². The van der Waals surface area contributed by atoms with Crippen molar-refractivity contribution < 1.29 is 4.39 Å². The van der Waals surface area contributed by atoms with E-state index < -0.39 is 0 Å². The molecule has 0 atom stereocenters. The number of aromatic nitrogens is 2. The van der Waals surface area contributed by atoms with Crippen molar-refractivity contribution in [3.05, 3.63) is 29.8 Å². The first-order valence-corrected chi connectivity index (χ1v) is 7.53. The lowest BCUT2D eigenvalue weighted by molar-refractivity contribution is 0.140. The van der Waals surface area contributed by atoms with Crippen molar-refractivity contribution >= 4 is 11.0 Å². The Balaban J connectivity index is 2.04. The zero-order valence-corrected chi connectivity index (χ0v) is 12.0. The van der Waals surface area contributed by atoms with Crippen LogP contribution in [0.2, 0.25) is 0 Å². The van der Waals surface area contributed by atoms with Gasteiger partial charge in [-0.15, -0.1) is 0 Å². The van der Waals surface area contributed by atoms with Crippen LogP contribution in [0, 0.1) is 11.2 Å². The molecule has 0 bridgehead atoms. The lowest BCUT2D eigenvalue weighted by Gasteiger charge is -2.40. The Morgan fingerprint density at radius 1 is 1.40 bits per heavy atom. The van der Waals surface area contributed by atoms with Crippen LogP contribution in [0.25, 0.3) is 11.0 Å². The molecule has 0 radical (unpaired) electrons. The lowest BCUT2D eigenvalue weighted by atomic mass is 9.66. The third-order valence-corrected chi connectivity index (χ3v) is 4.64. The molecule has 1 heterocycles. The first-order chi connectivity index (χ1) is 9.69. The number of imidazole rings is 1. The topological polar surface area (TPSA) is 43.8 Å². The van der Waals surface area contributed by atoms with Crippen LogP contribution >= 0.6 is 0 Å². The summed E-state index contributed by atoms with van der Waals surface area (Å²) in [4.78, 5) is 4.58. The number of nitrogens with two attached hydrogens (primary N) is 1. The number of fused-ring (bicyclic) bond motifs is 1. The van der Waals surface area contributed by atoms with E-state index in [2.05, 4.69) is 16.5 Å². The molecule has 1 saturated carbocycles. The highest BCUT2D eigenvalue weighted by Crippen LogP contribution is 2.42. The maximum absolute atomic E-state index is 13.9. The molecule has 1 fully saturated rings. The van der Waals surface area contributed by atoms with Crippen molar-refractivity contribution in [1.29, 1.82) is 0 Å². The van der Waals surface area contributed by atoms with Gasteiger partial charge in [-0.2, -0.15) is 0 Å². The highest BCUT2D eigenvalue weighted by atomic mass is 19.1. The van der Waals surface area contributed by atoms with E-state index in [1.165, 1.54) is 25.3 Å². The summed E-state index contributed by atoms with van der Waals surface area (Å²) in [6.45, 7) is 3.72. The molecule has 0 amide bonds. The lowest BCUT2D eigenvalue weighted by Crippen LogP contribution is -2.39. The van der Waals surface area contributed by atoms with E-state index in [0.717, 1.165) is 30.7 Å². The average Bonchev–Trinajstić information content (AvgIpc) is 2.74. The van der Waals surface area contributed by atoms with Crippen LogP contribution < -0.4 is 5.73 Å². The normalized spacial score (nSPS) is 17.4. The first kappa shape index (κ1) is 13.6. The number of hydrogen-bond donors (Lipinski definition) is 1. The molecule has 2 N–H and O–H groups in total. The van der Waals surface area contributed by atoms with Crippen molar-refractivity contribution in [2.75, 3.05) is 6.54 Å². The Morgan fingerprint density at radius 2 is 2.20 bits per heavy atom. The van der Waals surface area contributed by atoms with Crippen LogP contribution in [0.1, 0.15) is 38.4 Å². The van der Waals surface area contributed by atoms with Crippen LogP contribution in [0.15, 0.2) is 18.2 Å². The largest absolute Gasteiger partial charge is 0.330 e. The molecular formula is C16H22FN3. The van der Waals surface area contributed by atoms with Crippen molar-refractivity contribution in [1.82, 2.24) is 9.55 Å². The summed E-state index contributed by atoms with van der Waals surface area (Å²) in [6.07, 6.45) is 5.48. The van der Waals surface area contributed by atoms with Crippen LogP contribution in [-0.4, -0.2) is 16.1 Å². The van der Waals surface area contributed by atoms with E-state index in [4.69, 9.17) is 5.73 Å². The second-order valence-electron chi connectivity index (χ2n) is 6.02. The van der Waals surface area contributed by atoms with Gasteiger partial charge in [-0.25, -0.2) is 9.37 Å². The van der Waals surface area contributed by atoms with Gasteiger partial charge in [0, 0.05) is 13.0 Å². The summed E-state index contributed by atoms with van der Waals surface area (Å²) in [5.41, 5.74) is 7.56. The number of halogens is 1. The molecule has 20 heavy (non-hydrogen) atoms. The Labute approximate surface area is 119 Å².